The molecule has 1 heterocycles. The van der Waals surface area contributed by atoms with Crippen molar-refractivity contribution < 1.29 is 0 Å². The van der Waals surface area contributed by atoms with Gasteiger partial charge in [-0.05, 0) is 32.6 Å². The summed E-state index contributed by atoms with van der Waals surface area (Å²) in [5.41, 5.74) is 0. The van der Waals surface area contributed by atoms with Crippen molar-refractivity contribution in [2.75, 3.05) is 5.75 Å². The van der Waals surface area contributed by atoms with Gasteiger partial charge >= 0.3 is 0 Å². The maximum atomic E-state index is 4.39. The Morgan fingerprint density at radius 2 is 2.12 bits per heavy atom. The van der Waals surface area contributed by atoms with Gasteiger partial charge in [0.15, 0.2) is 5.16 Å². The van der Waals surface area contributed by atoms with Crippen LogP contribution in [0.1, 0.15) is 50.4 Å². The van der Waals surface area contributed by atoms with Gasteiger partial charge in [-0.1, -0.05) is 23.9 Å². The number of thioether (sulfide) groups is 1. The second-order valence-corrected chi connectivity index (χ2v) is 5.58. The van der Waals surface area contributed by atoms with Crippen molar-refractivity contribution in [1.29, 1.82) is 0 Å². The van der Waals surface area contributed by atoms with Crippen LogP contribution in [0, 0.1) is 0 Å². The number of nitrogens with zero attached hydrogens (tertiary/aromatic N) is 3. The van der Waals surface area contributed by atoms with Crippen LogP contribution in [0.3, 0.4) is 0 Å². The minimum atomic E-state index is 0.707. The Kier molecular flexibility index (Phi) is 2.75. The molecule has 3 nitrogen and oxygen atoms in total. The lowest BCUT2D eigenvalue weighted by Crippen LogP contribution is -2.01. The summed E-state index contributed by atoms with van der Waals surface area (Å²) in [7, 11) is 0. The normalized spacial score (nSPS) is 20.8. The van der Waals surface area contributed by atoms with Crippen molar-refractivity contribution in [3.63, 3.8) is 0 Å². The van der Waals surface area contributed by atoms with Crippen LogP contribution in [-0.4, -0.2) is 20.5 Å². The first kappa shape index (κ1) is 10.4. The quantitative estimate of drug-likeness (QED) is 0.580. The average Bonchev–Trinajstić information content (AvgIpc) is 3.19. The largest absolute Gasteiger partial charge is 0.303 e. The van der Waals surface area contributed by atoms with Crippen LogP contribution >= 0.6 is 11.8 Å². The molecule has 2 saturated carbocycles. The van der Waals surface area contributed by atoms with E-state index >= 15 is 0 Å². The lowest BCUT2D eigenvalue weighted by atomic mass is 10.4. The predicted molar refractivity (Wildman–Crippen MR) is 65.8 cm³/mol. The van der Waals surface area contributed by atoms with E-state index in [0.29, 0.717) is 12.0 Å². The van der Waals surface area contributed by atoms with Crippen LogP contribution < -0.4 is 0 Å². The smallest absolute Gasteiger partial charge is 0.191 e. The van der Waals surface area contributed by atoms with E-state index in [1.165, 1.54) is 31.5 Å². The fourth-order valence-corrected chi connectivity index (χ4v) is 2.82. The Bertz CT molecular complexity index is 402. The van der Waals surface area contributed by atoms with Crippen molar-refractivity contribution in [2.45, 2.75) is 49.7 Å². The van der Waals surface area contributed by atoms with Gasteiger partial charge in [0.2, 0.25) is 0 Å². The zero-order valence-electron chi connectivity index (χ0n) is 9.59. The van der Waals surface area contributed by atoms with Crippen molar-refractivity contribution in [3.05, 3.63) is 18.0 Å². The van der Waals surface area contributed by atoms with Gasteiger partial charge in [-0.2, -0.15) is 0 Å². The molecular formula is C12H17N3S. The molecule has 86 valence electrons. The number of hydrogen-bond acceptors (Lipinski definition) is 3. The van der Waals surface area contributed by atoms with E-state index < -0.39 is 0 Å². The molecule has 2 fully saturated rings. The second kappa shape index (κ2) is 4.24. The molecule has 2 aliphatic carbocycles. The van der Waals surface area contributed by atoms with Crippen molar-refractivity contribution in [1.82, 2.24) is 14.8 Å². The molecule has 16 heavy (non-hydrogen) atoms. The van der Waals surface area contributed by atoms with Crippen LogP contribution in [0.2, 0.25) is 0 Å². The Labute approximate surface area is 100 Å². The summed E-state index contributed by atoms with van der Waals surface area (Å²) in [6, 6.07) is 0.707. The highest BCUT2D eigenvalue weighted by Crippen LogP contribution is 2.45. The van der Waals surface area contributed by atoms with Crippen molar-refractivity contribution >= 4 is 11.8 Å². The molecule has 0 unspecified atom stereocenters. The molecule has 1 aromatic rings. The van der Waals surface area contributed by atoms with E-state index in [1.54, 1.807) is 0 Å². The fraction of sp³-hybridized carbons (Fsp3) is 0.667. The van der Waals surface area contributed by atoms with E-state index in [4.69, 9.17) is 0 Å². The molecule has 3 rings (SSSR count). The predicted octanol–water partition coefficient (Wildman–Crippen LogP) is 3.16. The zero-order valence-corrected chi connectivity index (χ0v) is 10.4. The summed E-state index contributed by atoms with van der Waals surface area (Å²) < 4.78 is 2.41. The molecule has 0 bridgehead atoms. The Morgan fingerprint density at radius 1 is 1.31 bits per heavy atom. The molecule has 0 saturated heterocycles. The minimum Gasteiger partial charge on any atom is -0.303 e. The topological polar surface area (TPSA) is 30.7 Å². The van der Waals surface area contributed by atoms with Crippen molar-refractivity contribution in [3.8, 4) is 0 Å². The molecule has 0 amide bonds. The summed E-state index contributed by atoms with van der Waals surface area (Å²) in [6.07, 6.45) is 9.51. The van der Waals surface area contributed by atoms with Gasteiger partial charge in [0.25, 0.3) is 0 Å². The average molecular weight is 235 g/mol. The molecule has 0 aliphatic heterocycles. The third-order valence-corrected chi connectivity index (χ3v) is 3.99. The lowest BCUT2D eigenvalue weighted by Gasteiger charge is -2.06. The lowest BCUT2D eigenvalue weighted by molar-refractivity contribution is 0.627. The molecule has 4 heteroatoms. The highest BCUT2D eigenvalue weighted by Gasteiger charge is 2.36. The van der Waals surface area contributed by atoms with Crippen LogP contribution in [0.5, 0.6) is 0 Å². The Hall–Kier alpha value is -0.770. The van der Waals surface area contributed by atoms with Crippen LogP contribution in [0.4, 0.5) is 0 Å². The SMILES string of the molecule is C/C=C/CSc1nnc(C2CC2)n1C1CC1. The van der Waals surface area contributed by atoms with Gasteiger partial charge in [0.1, 0.15) is 5.82 Å². The number of aromatic nitrogens is 3. The first-order chi connectivity index (χ1) is 7.90. The van der Waals surface area contributed by atoms with E-state index in [1.807, 2.05) is 11.8 Å². The molecule has 0 atom stereocenters. The molecule has 0 N–H and O–H groups in total. The molecule has 1 aromatic heterocycles. The third kappa shape index (κ3) is 2.03. The zero-order chi connectivity index (χ0) is 11.0. The van der Waals surface area contributed by atoms with E-state index in [2.05, 4.69) is 33.8 Å². The van der Waals surface area contributed by atoms with Crippen molar-refractivity contribution in [2.24, 2.45) is 0 Å². The third-order valence-electron chi connectivity index (χ3n) is 3.09. The first-order valence-corrected chi connectivity index (χ1v) is 7.07. The standard InChI is InChI=1S/C12H17N3S/c1-2-3-8-16-12-14-13-11(9-4-5-9)15(12)10-6-7-10/h2-3,9-10H,4-8H2,1H3/b3-2+. The summed E-state index contributed by atoms with van der Waals surface area (Å²) in [6.45, 7) is 2.06. The van der Waals surface area contributed by atoms with Gasteiger partial charge in [0, 0.05) is 17.7 Å². The Balaban J connectivity index is 1.80. The molecule has 0 spiro atoms. The van der Waals surface area contributed by atoms with Crippen LogP contribution in [0.25, 0.3) is 0 Å². The van der Waals surface area contributed by atoms with E-state index in [9.17, 15) is 0 Å². The van der Waals surface area contributed by atoms with Gasteiger partial charge in [-0.15, -0.1) is 10.2 Å². The second-order valence-electron chi connectivity index (χ2n) is 4.60. The van der Waals surface area contributed by atoms with Crippen LogP contribution in [0.15, 0.2) is 17.3 Å². The van der Waals surface area contributed by atoms with Gasteiger partial charge in [-0.3, -0.25) is 0 Å². The number of rotatable bonds is 5. The highest BCUT2D eigenvalue weighted by atomic mass is 32.2. The monoisotopic (exact) mass is 235 g/mol. The van der Waals surface area contributed by atoms with E-state index in [-0.39, 0.29) is 0 Å². The summed E-state index contributed by atoms with van der Waals surface area (Å²) in [5, 5.41) is 9.87. The van der Waals surface area contributed by atoms with Gasteiger partial charge in [0.05, 0.1) is 0 Å². The minimum absolute atomic E-state index is 0.707. The first-order valence-electron chi connectivity index (χ1n) is 6.09. The maximum Gasteiger partial charge on any atom is 0.191 e. The maximum absolute atomic E-state index is 4.39. The molecule has 0 aromatic carbocycles. The number of hydrogen-bond donors (Lipinski definition) is 0. The molecule has 2 aliphatic rings. The number of allylic oxidation sites excluding steroid dienone is 1. The Morgan fingerprint density at radius 3 is 2.75 bits per heavy atom. The summed E-state index contributed by atoms with van der Waals surface area (Å²) in [4.78, 5) is 0. The molecule has 0 radical (unpaired) electrons. The highest BCUT2D eigenvalue weighted by molar-refractivity contribution is 7.99. The van der Waals surface area contributed by atoms with Gasteiger partial charge < -0.3 is 4.57 Å². The fourth-order valence-electron chi connectivity index (χ4n) is 1.90. The molecular weight excluding hydrogens is 218 g/mol. The van der Waals surface area contributed by atoms with Crippen LogP contribution in [-0.2, 0) is 0 Å². The van der Waals surface area contributed by atoms with E-state index in [0.717, 1.165) is 10.9 Å². The summed E-state index contributed by atoms with van der Waals surface area (Å²) >= 11 is 1.81. The summed E-state index contributed by atoms with van der Waals surface area (Å²) in [5.74, 6) is 2.97. The van der Waals surface area contributed by atoms with Gasteiger partial charge in [-0.25, -0.2) is 0 Å².